The molecule has 0 radical (unpaired) electrons. The van der Waals surface area contributed by atoms with Crippen molar-refractivity contribution < 1.29 is 4.79 Å². The highest BCUT2D eigenvalue weighted by atomic mass is 79.9. The first-order valence-corrected chi connectivity index (χ1v) is 9.89. The number of anilines is 3. The number of halogens is 1. The van der Waals surface area contributed by atoms with Gasteiger partial charge < -0.3 is 16.0 Å². The van der Waals surface area contributed by atoms with Crippen molar-refractivity contribution in [2.75, 3.05) is 29.0 Å². The van der Waals surface area contributed by atoms with Gasteiger partial charge in [0.1, 0.15) is 0 Å². The number of hydrogen-bond donors (Lipinski definition) is 2. The molecule has 0 heterocycles. The van der Waals surface area contributed by atoms with Gasteiger partial charge in [0.2, 0.25) is 0 Å². The van der Waals surface area contributed by atoms with E-state index in [9.17, 15) is 4.79 Å². The molecule has 0 saturated carbocycles. The van der Waals surface area contributed by atoms with Crippen molar-refractivity contribution in [3.63, 3.8) is 0 Å². The summed E-state index contributed by atoms with van der Waals surface area (Å²) in [4.78, 5) is 15.3. The molecular formula is C21H28BrN3O. The molecule has 0 unspecified atom stereocenters. The Morgan fingerprint density at radius 1 is 1.08 bits per heavy atom. The third-order valence-corrected chi connectivity index (χ3v) is 4.79. The molecule has 0 aromatic heterocycles. The first kappa shape index (κ1) is 20.3. The highest BCUT2D eigenvalue weighted by molar-refractivity contribution is 9.10. The third-order valence-electron chi connectivity index (χ3n) is 4.33. The van der Waals surface area contributed by atoms with Crippen molar-refractivity contribution >= 4 is 38.9 Å². The number of nitrogens with two attached hydrogens (primary N) is 1. The minimum atomic E-state index is -0.127. The van der Waals surface area contributed by atoms with Crippen LogP contribution in [0.4, 0.5) is 17.1 Å². The van der Waals surface area contributed by atoms with E-state index in [1.54, 1.807) is 6.07 Å². The van der Waals surface area contributed by atoms with Crippen LogP contribution >= 0.6 is 15.9 Å². The van der Waals surface area contributed by atoms with E-state index in [1.807, 2.05) is 38.1 Å². The number of nitrogen functional groups attached to an aromatic ring is 1. The van der Waals surface area contributed by atoms with Gasteiger partial charge in [0.25, 0.3) is 5.91 Å². The topological polar surface area (TPSA) is 58.4 Å². The molecule has 0 fully saturated rings. The molecule has 2 aromatic rings. The van der Waals surface area contributed by atoms with Crippen LogP contribution < -0.4 is 16.0 Å². The van der Waals surface area contributed by atoms with Crippen molar-refractivity contribution in [2.45, 2.75) is 40.5 Å². The van der Waals surface area contributed by atoms with E-state index >= 15 is 0 Å². The molecule has 0 spiro atoms. The Morgan fingerprint density at radius 2 is 1.65 bits per heavy atom. The monoisotopic (exact) mass is 417 g/mol. The number of nitrogens with zero attached hydrogens (tertiary/aromatic N) is 1. The van der Waals surface area contributed by atoms with Crippen LogP contribution in [0.2, 0.25) is 0 Å². The zero-order chi connectivity index (χ0) is 19.3. The maximum atomic E-state index is 13.1. The summed E-state index contributed by atoms with van der Waals surface area (Å²) >= 11 is 3.50. The quantitative estimate of drug-likeness (QED) is 0.582. The van der Waals surface area contributed by atoms with E-state index in [-0.39, 0.29) is 5.91 Å². The van der Waals surface area contributed by atoms with Gasteiger partial charge in [-0.25, -0.2) is 0 Å². The zero-order valence-corrected chi connectivity index (χ0v) is 17.6. The van der Waals surface area contributed by atoms with Gasteiger partial charge in [0.15, 0.2) is 0 Å². The van der Waals surface area contributed by atoms with Crippen LogP contribution in [0.3, 0.4) is 0 Å². The van der Waals surface area contributed by atoms with Gasteiger partial charge in [-0.15, -0.1) is 0 Å². The molecule has 2 rings (SSSR count). The zero-order valence-electron chi connectivity index (χ0n) is 16.0. The average molecular weight is 418 g/mol. The summed E-state index contributed by atoms with van der Waals surface area (Å²) in [5.74, 6) is -0.127. The number of rotatable bonds is 7. The maximum absolute atomic E-state index is 13.1. The third kappa shape index (κ3) is 4.79. The predicted molar refractivity (Wildman–Crippen MR) is 115 cm³/mol. The molecule has 26 heavy (non-hydrogen) atoms. The lowest BCUT2D eigenvalue weighted by Gasteiger charge is -2.26. The van der Waals surface area contributed by atoms with Gasteiger partial charge in [-0.3, -0.25) is 4.79 Å². The molecule has 3 N–H and O–H groups in total. The standard InChI is InChI=1S/C21H28BrN3O/c1-5-9-25(10-6-2)19-8-7-17(23)13-18(19)21(26)24-20-14(3)11-16(22)12-15(20)4/h7-8,11-13H,5-6,9-10,23H2,1-4H3,(H,24,26). The highest BCUT2D eigenvalue weighted by Crippen LogP contribution is 2.28. The van der Waals surface area contributed by atoms with Gasteiger partial charge in [-0.2, -0.15) is 0 Å². The van der Waals surface area contributed by atoms with E-state index in [1.165, 1.54) is 0 Å². The number of benzene rings is 2. The average Bonchev–Trinajstić information content (AvgIpc) is 2.57. The van der Waals surface area contributed by atoms with Crippen molar-refractivity contribution in [2.24, 2.45) is 0 Å². The fourth-order valence-corrected chi connectivity index (χ4v) is 3.88. The molecule has 2 aromatic carbocycles. The number of carbonyl (C=O) groups excluding carboxylic acids is 1. The Kier molecular flexibility index (Phi) is 7.09. The molecule has 4 nitrogen and oxygen atoms in total. The second-order valence-corrected chi connectivity index (χ2v) is 7.55. The van der Waals surface area contributed by atoms with E-state index in [4.69, 9.17) is 5.73 Å². The normalized spacial score (nSPS) is 10.7. The summed E-state index contributed by atoms with van der Waals surface area (Å²) in [6.07, 6.45) is 2.05. The Hall–Kier alpha value is -2.01. The van der Waals surface area contributed by atoms with Crippen LogP contribution in [-0.2, 0) is 0 Å². The molecule has 5 heteroatoms. The number of aryl methyl sites for hydroxylation is 2. The lowest BCUT2D eigenvalue weighted by atomic mass is 10.1. The van der Waals surface area contributed by atoms with E-state index in [0.29, 0.717) is 11.3 Å². The number of amides is 1. The second-order valence-electron chi connectivity index (χ2n) is 6.63. The van der Waals surface area contributed by atoms with Crippen LogP contribution in [0.25, 0.3) is 0 Å². The maximum Gasteiger partial charge on any atom is 0.257 e. The molecule has 0 saturated heterocycles. The fraction of sp³-hybridized carbons (Fsp3) is 0.381. The lowest BCUT2D eigenvalue weighted by molar-refractivity contribution is 0.102. The molecular weight excluding hydrogens is 390 g/mol. The molecule has 0 atom stereocenters. The minimum Gasteiger partial charge on any atom is -0.399 e. The largest absolute Gasteiger partial charge is 0.399 e. The summed E-state index contributed by atoms with van der Waals surface area (Å²) in [7, 11) is 0. The van der Waals surface area contributed by atoms with Gasteiger partial charge in [0.05, 0.1) is 5.56 Å². The van der Waals surface area contributed by atoms with Gasteiger partial charge in [0, 0.05) is 34.6 Å². The SMILES string of the molecule is CCCN(CCC)c1ccc(N)cc1C(=O)Nc1c(C)cc(Br)cc1C. The number of hydrogen-bond acceptors (Lipinski definition) is 3. The van der Waals surface area contributed by atoms with E-state index in [0.717, 1.165) is 52.9 Å². The Bertz CT molecular complexity index is 760. The molecule has 1 amide bonds. The molecule has 0 aliphatic carbocycles. The smallest absolute Gasteiger partial charge is 0.257 e. The highest BCUT2D eigenvalue weighted by Gasteiger charge is 2.18. The lowest BCUT2D eigenvalue weighted by Crippen LogP contribution is -2.28. The summed E-state index contributed by atoms with van der Waals surface area (Å²) in [5.41, 5.74) is 11.0. The summed E-state index contributed by atoms with van der Waals surface area (Å²) < 4.78 is 1.01. The Balaban J connectivity index is 2.41. The van der Waals surface area contributed by atoms with Crippen LogP contribution in [0.15, 0.2) is 34.8 Å². The van der Waals surface area contributed by atoms with Crippen molar-refractivity contribution in [1.29, 1.82) is 0 Å². The fourth-order valence-electron chi connectivity index (χ4n) is 3.19. The summed E-state index contributed by atoms with van der Waals surface area (Å²) in [5, 5.41) is 3.09. The van der Waals surface area contributed by atoms with Gasteiger partial charge in [-0.05, 0) is 68.1 Å². The van der Waals surface area contributed by atoms with Crippen LogP contribution in [-0.4, -0.2) is 19.0 Å². The van der Waals surface area contributed by atoms with E-state index < -0.39 is 0 Å². The number of nitrogens with one attached hydrogen (secondary N) is 1. The summed E-state index contributed by atoms with van der Waals surface area (Å²) in [6, 6.07) is 9.59. The van der Waals surface area contributed by atoms with Crippen LogP contribution in [0, 0.1) is 13.8 Å². The Morgan fingerprint density at radius 3 is 2.19 bits per heavy atom. The van der Waals surface area contributed by atoms with Gasteiger partial charge in [-0.1, -0.05) is 29.8 Å². The van der Waals surface area contributed by atoms with Crippen LogP contribution in [0.5, 0.6) is 0 Å². The minimum absolute atomic E-state index is 0.127. The van der Waals surface area contributed by atoms with Crippen molar-refractivity contribution in [1.82, 2.24) is 0 Å². The van der Waals surface area contributed by atoms with Gasteiger partial charge >= 0.3 is 0 Å². The Labute approximate surface area is 164 Å². The first-order valence-electron chi connectivity index (χ1n) is 9.09. The van der Waals surface area contributed by atoms with Crippen molar-refractivity contribution in [3.8, 4) is 0 Å². The van der Waals surface area contributed by atoms with Crippen LogP contribution in [0.1, 0.15) is 48.2 Å². The predicted octanol–water partition coefficient (Wildman–Crippen LogP) is 5.53. The molecule has 0 aliphatic rings. The summed E-state index contributed by atoms with van der Waals surface area (Å²) in [6.45, 7) is 10.1. The molecule has 140 valence electrons. The van der Waals surface area contributed by atoms with E-state index in [2.05, 4.69) is 40.0 Å². The second kappa shape index (κ2) is 9.08. The van der Waals surface area contributed by atoms with Crippen molar-refractivity contribution in [3.05, 3.63) is 51.5 Å². The molecule has 0 aliphatic heterocycles. The molecule has 0 bridgehead atoms. The number of carbonyl (C=O) groups is 1. The first-order chi connectivity index (χ1) is 12.4.